The van der Waals surface area contributed by atoms with Gasteiger partial charge in [-0.3, -0.25) is 4.79 Å². The fourth-order valence-electron chi connectivity index (χ4n) is 2.93. The Morgan fingerprint density at radius 2 is 2.11 bits per heavy atom. The van der Waals surface area contributed by atoms with Crippen LogP contribution in [0.5, 0.6) is 0 Å². The first kappa shape index (κ1) is 12.7. The highest BCUT2D eigenvalue weighted by Crippen LogP contribution is 2.47. The quantitative estimate of drug-likeness (QED) is 0.846. The van der Waals surface area contributed by atoms with Gasteiger partial charge >= 0.3 is 0 Å². The van der Waals surface area contributed by atoms with Crippen LogP contribution in [0.15, 0.2) is 30.3 Å². The number of nitrogens with one attached hydrogen (secondary N) is 2. The minimum atomic E-state index is 0.0486. The van der Waals surface area contributed by atoms with Crippen LogP contribution in [0, 0.1) is 5.41 Å². The predicted octanol–water partition coefficient (Wildman–Crippen LogP) is 1.88. The predicted molar refractivity (Wildman–Crippen MR) is 75.8 cm³/mol. The summed E-state index contributed by atoms with van der Waals surface area (Å²) in [6.45, 7) is 1.81. The van der Waals surface area contributed by atoms with Gasteiger partial charge in [0.05, 0.1) is 6.04 Å². The van der Waals surface area contributed by atoms with Gasteiger partial charge in [-0.15, -0.1) is 0 Å². The van der Waals surface area contributed by atoms with E-state index in [0.717, 1.165) is 32.4 Å². The molecule has 1 aliphatic heterocycles. The molecule has 1 saturated carbocycles. The van der Waals surface area contributed by atoms with Crippen LogP contribution in [0.3, 0.4) is 0 Å². The van der Waals surface area contributed by atoms with E-state index in [4.69, 9.17) is 0 Å². The van der Waals surface area contributed by atoms with Crippen molar-refractivity contribution in [3.8, 4) is 0 Å². The van der Waals surface area contributed by atoms with Crippen molar-refractivity contribution in [2.75, 3.05) is 13.1 Å². The molecule has 1 saturated heterocycles. The SMILES string of the molecule is O=C(NCC1(Cc2ccccc2)CC1)C1CCCN1. The van der Waals surface area contributed by atoms with Crippen LogP contribution in [0.4, 0.5) is 0 Å². The van der Waals surface area contributed by atoms with E-state index >= 15 is 0 Å². The van der Waals surface area contributed by atoms with Crippen molar-refractivity contribution in [3.63, 3.8) is 0 Å². The Morgan fingerprint density at radius 3 is 2.74 bits per heavy atom. The fourth-order valence-corrected chi connectivity index (χ4v) is 2.93. The molecule has 1 aliphatic carbocycles. The molecule has 2 N–H and O–H groups in total. The van der Waals surface area contributed by atoms with Gasteiger partial charge in [-0.2, -0.15) is 0 Å². The molecule has 3 nitrogen and oxygen atoms in total. The van der Waals surface area contributed by atoms with Crippen molar-refractivity contribution in [2.24, 2.45) is 5.41 Å². The van der Waals surface area contributed by atoms with Crippen molar-refractivity contribution in [1.29, 1.82) is 0 Å². The molecule has 0 aromatic heterocycles. The summed E-state index contributed by atoms with van der Waals surface area (Å²) in [6.07, 6.45) is 5.66. The van der Waals surface area contributed by atoms with Gasteiger partial charge in [0.1, 0.15) is 0 Å². The highest BCUT2D eigenvalue weighted by Gasteiger charge is 2.42. The van der Waals surface area contributed by atoms with E-state index in [1.807, 2.05) is 0 Å². The Hall–Kier alpha value is -1.35. The fraction of sp³-hybridized carbons (Fsp3) is 0.562. The number of amides is 1. The van der Waals surface area contributed by atoms with Crippen LogP contribution in [-0.4, -0.2) is 25.0 Å². The van der Waals surface area contributed by atoms with E-state index in [2.05, 4.69) is 41.0 Å². The van der Waals surface area contributed by atoms with Crippen molar-refractivity contribution < 1.29 is 4.79 Å². The summed E-state index contributed by atoms with van der Waals surface area (Å²) in [4.78, 5) is 12.0. The Morgan fingerprint density at radius 1 is 1.32 bits per heavy atom. The Kier molecular flexibility index (Phi) is 3.56. The second kappa shape index (κ2) is 5.33. The first-order valence-electron chi connectivity index (χ1n) is 7.33. The van der Waals surface area contributed by atoms with E-state index in [9.17, 15) is 4.79 Å². The van der Waals surface area contributed by atoms with Crippen molar-refractivity contribution >= 4 is 5.91 Å². The molecule has 0 bridgehead atoms. The molecular weight excluding hydrogens is 236 g/mol. The third-order valence-corrected chi connectivity index (χ3v) is 4.39. The van der Waals surface area contributed by atoms with Crippen LogP contribution >= 0.6 is 0 Å². The number of carbonyl (C=O) groups is 1. The molecule has 2 aliphatic rings. The van der Waals surface area contributed by atoms with Crippen molar-refractivity contribution in [1.82, 2.24) is 10.6 Å². The number of benzene rings is 1. The summed E-state index contributed by atoms with van der Waals surface area (Å²) in [7, 11) is 0. The smallest absolute Gasteiger partial charge is 0.237 e. The van der Waals surface area contributed by atoms with Crippen LogP contribution in [0.2, 0.25) is 0 Å². The monoisotopic (exact) mass is 258 g/mol. The molecule has 1 heterocycles. The highest BCUT2D eigenvalue weighted by atomic mass is 16.2. The summed E-state index contributed by atoms with van der Waals surface area (Å²) in [6, 6.07) is 10.6. The average Bonchev–Trinajstić information content (AvgIpc) is 2.99. The lowest BCUT2D eigenvalue weighted by molar-refractivity contribution is -0.123. The third-order valence-electron chi connectivity index (χ3n) is 4.39. The van der Waals surface area contributed by atoms with Crippen LogP contribution in [0.25, 0.3) is 0 Å². The molecule has 0 spiro atoms. The first-order valence-corrected chi connectivity index (χ1v) is 7.33. The van der Waals surface area contributed by atoms with Crippen LogP contribution in [-0.2, 0) is 11.2 Å². The molecule has 1 unspecified atom stereocenters. The minimum absolute atomic E-state index is 0.0486. The highest BCUT2D eigenvalue weighted by molar-refractivity contribution is 5.82. The van der Waals surface area contributed by atoms with Gasteiger partial charge in [-0.25, -0.2) is 0 Å². The lowest BCUT2D eigenvalue weighted by Gasteiger charge is -2.18. The molecule has 3 rings (SSSR count). The summed E-state index contributed by atoms with van der Waals surface area (Å²) >= 11 is 0. The molecular formula is C16H22N2O. The maximum atomic E-state index is 12.0. The van der Waals surface area contributed by atoms with Gasteiger partial charge in [0, 0.05) is 6.54 Å². The van der Waals surface area contributed by atoms with Gasteiger partial charge in [-0.1, -0.05) is 30.3 Å². The number of carbonyl (C=O) groups excluding carboxylic acids is 1. The van der Waals surface area contributed by atoms with E-state index < -0.39 is 0 Å². The molecule has 2 fully saturated rings. The average molecular weight is 258 g/mol. The topological polar surface area (TPSA) is 41.1 Å². The normalized spacial score (nSPS) is 24.1. The van der Waals surface area contributed by atoms with Gasteiger partial charge in [0.2, 0.25) is 5.91 Å². The number of rotatable bonds is 5. The van der Waals surface area contributed by atoms with Gasteiger partial charge in [0.15, 0.2) is 0 Å². The largest absolute Gasteiger partial charge is 0.354 e. The zero-order chi connectivity index (χ0) is 13.1. The lowest BCUT2D eigenvalue weighted by Crippen LogP contribution is -2.42. The minimum Gasteiger partial charge on any atom is -0.354 e. The molecule has 1 amide bonds. The molecule has 0 radical (unpaired) electrons. The maximum Gasteiger partial charge on any atom is 0.237 e. The molecule has 1 aromatic rings. The van der Waals surface area contributed by atoms with Crippen molar-refractivity contribution in [3.05, 3.63) is 35.9 Å². The van der Waals surface area contributed by atoms with Gasteiger partial charge in [-0.05, 0) is 49.6 Å². The number of hydrogen-bond donors (Lipinski definition) is 2. The van der Waals surface area contributed by atoms with Crippen LogP contribution < -0.4 is 10.6 Å². The summed E-state index contributed by atoms with van der Waals surface area (Å²) in [5.74, 6) is 0.192. The van der Waals surface area contributed by atoms with E-state index in [1.54, 1.807) is 0 Å². The molecule has 1 atom stereocenters. The summed E-state index contributed by atoms with van der Waals surface area (Å²) in [5.41, 5.74) is 1.71. The molecule has 1 aromatic carbocycles. The standard InChI is InChI=1S/C16H22N2O/c19-15(14-7-4-10-17-14)18-12-16(8-9-16)11-13-5-2-1-3-6-13/h1-3,5-6,14,17H,4,7-12H2,(H,18,19). The number of hydrogen-bond acceptors (Lipinski definition) is 2. The van der Waals surface area contributed by atoms with E-state index in [-0.39, 0.29) is 11.9 Å². The zero-order valence-electron chi connectivity index (χ0n) is 11.3. The van der Waals surface area contributed by atoms with Crippen LogP contribution in [0.1, 0.15) is 31.2 Å². The summed E-state index contributed by atoms with van der Waals surface area (Å²) < 4.78 is 0. The second-order valence-electron chi connectivity index (χ2n) is 6.03. The third kappa shape index (κ3) is 3.16. The Bertz CT molecular complexity index is 433. The zero-order valence-corrected chi connectivity index (χ0v) is 11.3. The van der Waals surface area contributed by atoms with Gasteiger partial charge < -0.3 is 10.6 Å². The Labute approximate surface area is 114 Å². The maximum absolute atomic E-state index is 12.0. The van der Waals surface area contributed by atoms with E-state index in [0.29, 0.717) is 5.41 Å². The van der Waals surface area contributed by atoms with E-state index in [1.165, 1.54) is 18.4 Å². The molecule has 102 valence electrons. The summed E-state index contributed by atoms with van der Waals surface area (Å²) in [5, 5.41) is 6.40. The lowest BCUT2D eigenvalue weighted by atomic mass is 9.96. The molecule has 3 heteroatoms. The van der Waals surface area contributed by atoms with Gasteiger partial charge in [0.25, 0.3) is 0 Å². The van der Waals surface area contributed by atoms with Crippen molar-refractivity contribution in [2.45, 2.75) is 38.1 Å². The Balaban J connectivity index is 1.50. The second-order valence-corrected chi connectivity index (χ2v) is 6.03. The molecule has 19 heavy (non-hydrogen) atoms. The first-order chi connectivity index (χ1) is 9.27.